The lowest BCUT2D eigenvalue weighted by atomic mass is 9.95. The predicted molar refractivity (Wildman–Crippen MR) is 132 cm³/mol. The van der Waals surface area contributed by atoms with Crippen molar-refractivity contribution in [3.8, 4) is 11.3 Å². The Labute approximate surface area is 203 Å². The molecule has 0 unspecified atom stereocenters. The van der Waals surface area contributed by atoms with Gasteiger partial charge in [-0.1, -0.05) is 37.3 Å². The number of alkyl halides is 2. The van der Waals surface area contributed by atoms with Gasteiger partial charge in [0, 0.05) is 72.8 Å². The fraction of sp³-hybridized carbons (Fsp3) is 0.407. The van der Waals surface area contributed by atoms with Crippen LogP contribution in [0.2, 0.25) is 0 Å². The van der Waals surface area contributed by atoms with Crippen LogP contribution in [0.5, 0.6) is 0 Å². The number of aromatic nitrogens is 3. The highest BCUT2D eigenvalue weighted by atomic mass is 19.3. The number of carbonyl (C=O) groups excluding carboxylic acids is 1. The minimum absolute atomic E-state index is 0.0885. The summed E-state index contributed by atoms with van der Waals surface area (Å²) >= 11 is 0. The number of pyridine rings is 1. The molecule has 1 atom stereocenters. The van der Waals surface area contributed by atoms with Crippen molar-refractivity contribution in [2.24, 2.45) is 0 Å². The number of halogens is 2. The first-order chi connectivity index (χ1) is 16.9. The molecule has 2 aromatic heterocycles. The van der Waals surface area contributed by atoms with Gasteiger partial charge in [0.15, 0.2) is 5.82 Å². The predicted octanol–water partition coefficient (Wildman–Crippen LogP) is 5.04. The highest BCUT2D eigenvalue weighted by Crippen LogP contribution is 2.34. The topological polar surface area (TPSA) is 62.2 Å². The molecular formula is C27H29F2N5O. The van der Waals surface area contributed by atoms with Crippen LogP contribution in [0.4, 0.5) is 14.6 Å². The smallest absolute Gasteiger partial charge is 0.251 e. The molecule has 35 heavy (non-hydrogen) atoms. The molecule has 0 bridgehead atoms. The van der Waals surface area contributed by atoms with Crippen LogP contribution in [0.15, 0.2) is 54.4 Å². The van der Waals surface area contributed by atoms with E-state index in [1.807, 2.05) is 19.2 Å². The number of allylic oxidation sites excluding steroid dienone is 1. The monoisotopic (exact) mass is 477 g/mol. The summed E-state index contributed by atoms with van der Waals surface area (Å²) in [5.74, 6) is -2.08. The third-order valence-electron chi connectivity index (χ3n) is 7.07. The molecule has 0 spiro atoms. The summed E-state index contributed by atoms with van der Waals surface area (Å²) in [5, 5.41) is 11.1. The van der Waals surface area contributed by atoms with Gasteiger partial charge in [0.2, 0.25) is 5.91 Å². The maximum Gasteiger partial charge on any atom is 0.251 e. The van der Waals surface area contributed by atoms with Gasteiger partial charge in [0.05, 0.1) is 0 Å². The molecule has 8 heteroatoms. The fourth-order valence-corrected chi connectivity index (χ4v) is 4.95. The first-order valence-corrected chi connectivity index (χ1v) is 12.2. The number of benzene rings is 1. The summed E-state index contributed by atoms with van der Waals surface area (Å²) < 4.78 is 27.0. The normalized spacial score (nSPS) is 20.1. The van der Waals surface area contributed by atoms with Crippen molar-refractivity contribution < 1.29 is 13.6 Å². The van der Waals surface area contributed by atoms with Crippen LogP contribution in [-0.2, 0) is 11.2 Å². The van der Waals surface area contributed by atoms with Crippen LogP contribution in [-0.4, -0.2) is 57.6 Å². The van der Waals surface area contributed by atoms with E-state index in [2.05, 4.69) is 51.3 Å². The van der Waals surface area contributed by atoms with E-state index in [0.717, 1.165) is 34.3 Å². The zero-order chi connectivity index (χ0) is 24.6. The summed E-state index contributed by atoms with van der Waals surface area (Å²) in [6.45, 7) is 5.78. The molecule has 1 amide bonds. The average molecular weight is 478 g/mol. The van der Waals surface area contributed by atoms with E-state index in [4.69, 9.17) is 0 Å². The van der Waals surface area contributed by atoms with Crippen LogP contribution in [0.3, 0.4) is 0 Å². The Morgan fingerprint density at radius 2 is 1.91 bits per heavy atom. The van der Waals surface area contributed by atoms with Gasteiger partial charge in [0.1, 0.15) is 5.69 Å². The largest absolute Gasteiger partial charge is 0.351 e. The molecule has 1 fully saturated rings. The summed E-state index contributed by atoms with van der Waals surface area (Å²) in [6, 6.07) is 10.2. The van der Waals surface area contributed by atoms with Gasteiger partial charge in [-0.05, 0) is 31.4 Å². The Kier molecular flexibility index (Phi) is 6.21. The third-order valence-corrected chi connectivity index (χ3v) is 7.07. The molecule has 1 aliphatic heterocycles. The first kappa shape index (κ1) is 23.3. The highest BCUT2D eigenvalue weighted by Gasteiger charge is 2.36. The van der Waals surface area contributed by atoms with Crippen molar-refractivity contribution in [1.82, 2.24) is 20.1 Å². The fourth-order valence-electron chi connectivity index (χ4n) is 4.95. The Hall–Kier alpha value is -3.42. The van der Waals surface area contributed by atoms with Crippen molar-refractivity contribution in [1.29, 1.82) is 0 Å². The zero-order valence-corrected chi connectivity index (χ0v) is 20.0. The lowest BCUT2D eigenvalue weighted by Crippen LogP contribution is -2.54. The van der Waals surface area contributed by atoms with Gasteiger partial charge in [-0.15, -0.1) is 10.2 Å². The van der Waals surface area contributed by atoms with E-state index in [1.54, 1.807) is 11.1 Å². The first-order valence-electron chi connectivity index (χ1n) is 12.2. The van der Waals surface area contributed by atoms with Gasteiger partial charge >= 0.3 is 0 Å². The SMILES string of the molecule is CCc1ccc(-c2nnc(N3CCN(C(=O)C4=CCC(F)(F)CC4)[C@@H](C)C3)c3cnccc23)cc1. The van der Waals surface area contributed by atoms with E-state index >= 15 is 0 Å². The standard InChI is InChI=1S/C27H29F2N5O/c1-3-19-4-6-20(7-5-19)24-22-10-13-30-16-23(22)25(32-31-24)33-14-15-34(18(2)17-33)26(35)21-8-11-27(28,29)12-9-21/h4-8,10,13,16,18H,3,9,11-12,14-15,17H2,1-2H3/t18-/m0/s1. The maximum absolute atomic E-state index is 13.5. The highest BCUT2D eigenvalue weighted by molar-refractivity contribution is 6.00. The second-order valence-corrected chi connectivity index (χ2v) is 9.43. The lowest BCUT2D eigenvalue weighted by Gasteiger charge is -2.41. The van der Waals surface area contributed by atoms with E-state index < -0.39 is 5.92 Å². The maximum atomic E-state index is 13.5. The second-order valence-electron chi connectivity index (χ2n) is 9.43. The Balaban J connectivity index is 1.38. The van der Waals surface area contributed by atoms with Gasteiger partial charge in [0.25, 0.3) is 5.92 Å². The number of hydrogen-bond donors (Lipinski definition) is 0. The van der Waals surface area contributed by atoms with Crippen molar-refractivity contribution in [3.63, 3.8) is 0 Å². The Morgan fingerprint density at radius 3 is 2.60 bits per heavy atom. The molecule has 1 aliphatic carbocycles. The van der Waals surface area contributed by atoms with Crippen molar-refractivity contribution in [2.75, 3.05) is 24.5 Å². The molecule has 1 aromatic carbocycles. The molecule has 3 aromatic rings. The van der Waals surface area contributed by atoms with Crippen molar-refractivity contribution >= 4 is 22.5 Å². The third kappa shape index (κ3) is 4.61. The Bertz CT molecular complexity index is 1270. The molecule has 2 aliphatic rings. The lowest BCUT2D eigenvalue weighted by molar-refractivity contribution is -0.130. The molecule has 0 saturated carbocycles. The van der Waals surface area contributed by atoms with Crippen LogP contribution in [0.25, 0.3) is 22.0 Å². The molecule has 0 radical (unpaired) electrons. The number of amides is 1. The quantitative estimate of drug-likeness (QED) is 0.527. The van der Waals surface area contributed by atoms with Gasteiger partial charge in [-0.2, -0.15) is 0 Å². The van der Waals surface area contributed by atoms with E-state index in [9.17, 15) is 13.6 Å². The van der Waals surface area contributed by atoms with Gasteiger partial charge < -0.3 is 9.80 Å². The zero-order valence-electron chi connectivity index (χ0n) is 20.0. The van der Waals surface area contributed by atoms with Crippen LogP contribution < -0.4 is 4.90 Å². The molecular weight excluding hydrogens is 448 g/mol. The van der Waals surface area contributed by atoms with Crippen molar-refractivity contribution in [2.45, 2.75) is 51.5 Å². The number of hydrogen-bond acceptors (Lipinski definition) is 5. The summed E-state index contributed by atoms with van der Waals surface area (Å²) in [6.07, 6.45) is 5.48. The van der Waals surface area contributed by atoms with E-state index in [1.165, 1.54) is 11.6 Å². The second kappa shape index (κ2) is 9.32. The van der Waals surface area contributed by atoms with Crippen LogP contribution in [0.1, 0.15) is 38.7 Å². The Morgan fingerprint density at radius 1 is 1.11 bits per heavy atom. The van der Waals surface area contributed by atoms with Gasteiger partial charge in [-0.3, -0.25) is 9.78 Å². The number of fused-ring (bicyclic) bond motifs is 1. The van der Waals surface area contributed by atoms with E-state index in [-0.39, 0.29) is 31.2 Å². The van der Waals surface area contributed by atoms with Gasteiger partial charge in [-0.25, -0.2) is 8.78 Å². The summed E-state index contributed by atoms with van der Waals surface area (Å²) in [4.78, 5) is 21.3. The minimum atomic E-state index is -2.70. The van der Waals surface area contributed by atoms with Crippen LogP contribution >= 0.6 is 0 Å². The number of anilines is 1. The van der Waals surface area contributed by atoms with Crippen LogP contribution in [0, 0.1) is 0 Å². The van der Waals surface area contributed by atoms with E-state index in [0.29, 0.717) is 25.2 Å². The summed E-state index contributed by atoms with van der Waals surface area (Å²) in [5.41, 5.74) is 3.59. The number of nitrogens with zero attached hydrogens (tertiary/aromatic N) is 5. The number of aryl methyl sites for hydroxylation is 1. The molecule has 0 N–H and O–H groups in total. The number of piperazine rings is 1. The molecule has 1 saturated heterocycles. The minimum Gasteiger partial charge on any atom is -0.351 e. The number of carbonyl (C=O) groups is 1. The molecule has 3 heterocycles. The number of rotatable bonds is 4. The average Bonchev–Trinajstić information content (AvgIpc) is 2.88. The molecule has 6 nitrogen and oxygen atoms in total. The summed E-state index contributed by atoms with van der Waals surface area (Å²) in [7, 11) is 0. The molecule has 182 valence electrons. The molecule has 5 rings (SSSR count). The van der Waals surface area contributed by atoms with Crippen molar-refractivity contribution in [3.05, 3.63) is 59.9 Å².